The van der Waals surface area contributed by atoms with Crippen molar-refractivity contribution in [1.29, 1.82) is 0 Å². The van der Waals surface area contributed by atoms with Crippen LogP contribution in [-0.4, -0.2) is 29.7 Å². The fraction of sp³-hybridized carbons (Fsp3) is 0.909. The normalized spacial score (nSPS) is 19.1. The maximum absolute atomic E-state index is 11.5. The average molecular weight is 216 g/mol. The van der Waals surface area contributed by atoms with E-state index < -0.39 is 0 Å². The molecule has 0 aliphatic carbocycles. The quantitative estimate of drug-likeness (QED) is 0.605. The number of rotatable bonds is 6. The summed E-state index contributed by atoms with van der Waals surface area (Å²) in [5.74, 6) is 0.112. The SMILES string of the molecule is CC(O)CC(C)CNC(=O)C(C)C(C)N. The lowest BCUT2D eigenvalue weighted by Gasteiger charge is -2.18. The van der Waals surface area contributed by atoms with Crippen LogP contribution in [0.5, 0.6) is 0 Å². The second-order valence-corrected chi connectivity index (χ2v) is 4.58. The Labute approximate surface area is 92.2 Å². The summed E-state index contributed by atoms with van der Waals surface area (Å²) in [5.41, 5.74) is 5.62. The molecule has 0 aliphatic rings. The molecule has 90 valence electrons. The summed E-state index contributed by atoms with van der Waals surface area (Å²) >= 11 is 0. The fourth-order valence-electron chi connectivity index (χ4n) is 1.34. The lowest BCUT2D eigenvalue weighted by molar-refractivity contribution is -0.125. The van der Waals surface area contributed by atoms with Crippen molar-refractivity contribution >= 4 is 5.91 Å². The summed E-state index contributed by atoms with van der Waals surface area (Å²) in [4.78, 5) is 11.5. The zero-order valence-corrected chi connectivity index (χ0v) is 10.2. The monoisotopic (exact) mass is 216 g/mol. The Morgan fingerprint density at radius 1 is 1.33 bits per heavy atom. The fourth-order valence-corrected chi connectivity index (χ4v) is 1.34. The van der Waals surface area contributed by atoms with E-state index in [0.717, 1.165) is 0 Å². The molecule has 0 spiro atoms. The van der Waals surface area contributed by atoms with E-state index in [1.54, 1.807) is 6.92 Å². The molecule has 0 fully saturated rings. The molecular formula is C11H24N2O2. The summed E-state index contributed by atoms with van der Waals surface area (Å²) in [7, 11) is 0. The highest BCUT2D eigenvalue weighted by Gasteiger charge is 2.17. The molecule has 0 saturated carbocycles. The molecule has 1 amide bonds. The highest BCUT2D eigenvalue weighted by Crippen LogP contribution is 2.05. The molecule has 0 radical (unpaired) electrons. The van der Waals surface area contributed by atoms with Crippen LogP contribution in [-0.2, 0) is 4.79 Å². The van der Waals surface area contributed by atoms with Gasteiger partial charge in [-0.1, -0.05) is 13.8 Å². The van der Waals surface area contributed by atoms with Crippen molar-refractivity contribution < 1.29 is 9.90 Å². The van der Waals surface area contributed by atoms with Crippen LogP contribution in [0.2, 0.25) is 0 Å². The Bertz CT molecular complexity index is 193. The maximum Gasteiger partial charge on any atom is 0.224 e. The van der Waals surface area contributed by atoms with Gasteiger partial charge in [0, 0.05) is 18.5 Å². The predicted molar refractivity (Wildman–Crippen MR) is 61.3 cm³/mol. The minimum atomic E-state index is -0.317. The topological polar surface area (TPSA) is 75.3 Å². The number of nitrogens with one attached hydrogen (secondary N) is 1. The summed E-state index contributed by atoms with van der Waals surface area (Å²) in [6.07, 6.45) is 0.384. The smallest absolute Gasteiger partial charge is 0.224 e. The van der Waals surface area contributed by atoms with Gasteiger partial charge in [-0.05, 0) is 26.2 Å². The molecular weight excluding hydrogens is 192 g/mol. The highest BCUT2D eigenvalue weighted by atomic mass is 16.3. The Balaban J connectivity index is 3.80. The standard InChI is InChI=1S/C11H24N2O2/c1-7(5-8(2)14)6-13-11(15)9(3)10(4)12/h7-10,14H,5-6,12H2,1-4H3,(H,13,15). The lowest BCUT2D eigenvalue weighted by Crippen LogP contribution is -2.40. The molecule has 0 aromatic heterocycles. The summed E-state index contributed by atoms with van der Waals surface area (Å²) in [6, 6.07) is -0.128. The first-order valence-corrected chi connectivity index (χ1v) is 5.56. The van der Waals surface area contributed by atoms with Crippen LogP contribution in [0, 0.1) is 11.8 Å². The average Bonchev–Trinajstić information content (AvgIpc) is 2.11. The largest absolute Gasteiger partial charge is 0.393 e. The van der Waals surface area contributed by atoms with Crippen LogP contribution < -0.4 is 11.1 Å². The van der Waals surface area contributed by atoms with Crippen LogP contribution in [0.15, 0.2) is 0 Å². The number of hydrogen-bond donors (Lipinski definition) is 3. The van der Waals surface area contributed by atoms with Crippen molar-refractivity contribution in [3.8, 4) is 0 Å². The molecule has 0 aromatic rings. The van der Waals surface area contributed by atoms with E-state index in [9.17, 15) is 4.79 Å². The van der Waals surface area contributed by atoms with E-state index in [0.29, 0.717) is 13.0 Å². The number of carbonyl (C=O) groups is 1. The van der Waals surface area contributed by atoms with Gasteiger partial charge < -0.3 is 16.2 Å². The summed E-state index contributed by atoms with van der Waals surface area (Å²) < 4.78 is 0. The zero-order valence-electron chi connectivity index (χ0n) is 10.2. The highest BCUT2D eigenvalue weighted by molar-refractivity contribution is 5.78. The molecule has 0 heterocycles. The van der Waals surface area contributed by atoms with Gasteiger partial charge in [0.1, 0.15) is 0 Å². The van der Waals surface area contributed by atoms with Gasteiger partial charge in [0.15, 0.2) is 0 Å². The summed E-state index contributed by atoms with van der Waals surface area (Å²) in [5, 5.41) is 12.0. The van der Waals surface area contributed by atoms with Gasteiger partial charge >= 0.3 is 0 Å². The molecule has 0 aliphatic heterocycles. The third kappa shape index (κ3) is 6.47. The van der Waals surface area contributed by atoms with Crippen molar-refractivity contribution in [3.63, 3.8) is 0 Å². The van der Waals surface area contributed by atoms with Gasteiger partial charge in [0.25, 0.3) is 0 Å². The van der Waals surface area contributed by atoms with Crippen molar-refractivity contribution in [3.05, 3.63) is 0 Å². The summed E-state index contributed by atoms with van der Waals surface area (Å²) in [6.45, 7) is 8.00. The molecule has 4 unspecified atom stereocenters. The Hall–Kier alpha value is -0.610. The van der Waals surface area contributed by atoms with Crippen LogP contribution >= 0.6 is 0 Å². The van der Waals surface area contributed by atoms with Crippen molar-refractivity contribution in [2.45, 2.75) is 46.3 Å². The minimum Gasteiger partial charge on any atom is -0.393 e. The Kier molecular flexibility index (Phi) is 6.52. The van der Waals surface area contributed by atoms with E-state index in [1.807, 2.05) is 20.8 Å². The minimum absolute atomic E-state index is 0.0116. The first kappa shape index (κ1) is 14.4. The van der Waals surface area contributed by atoms with E-state index >= 15 is 0 Å². The van der Waals surface area contributed by atoms with Crippen molar-refractivity contribution in [2.24, 2.45) is 17.6 Å². The number of amides is 1. The predicted octanol–water partition coefficient (Wildman–Crippen LogP) is 0.493. The Morgan fingerprint density at radius 3 is 2.27 bits per heavy atom. The van der Waals surface area contributed by atoms with E-state index in [-0.39, 0.29) is 29.9 Å². The van der Waals surface area contributed by atoms with Crippen molar-refractivity contribution in [1.82, 2.24) is 5.32 Å². The van der Waals surface area contributed by atoms with Crippen LogP contribution in [0.3, 0.4) is 0 Å². The van der Waals surface area contributed by atoms with Gasteiger partial charge in [0.05, 0.1) is 6.10 Å². The van der Waals surface area contributed by atoms with Crippen LogP contribution in [0.25, 0.3) is 0 Å². The van der Waals surface area contributed by atoms with E-state index in [1.165, 1.54) is 0 Å². The number of aliphatic hydroxyl groups excluding tert-OH is 1. The van der Waals surface area contributed by atoms with Gasteiger partial charge in [-0.2, -0.15) is 0 Å². The third-order valence-electron chi connectivity index (χ3n) is 2.57. The second kappa shape index (κ2) is 6.80. The number of nitrogens with two attached hydrogens (primary N) is 1. The zero-order chi connectivity index (χ0) is 12.0. The van der Waals surface area contributed by atoms with Gasteiger partial charge in [-0.3, -0.25) is 4.79 Å². The molecule has 4 atom stereocenters. The molecule has 4 heteroatoms. The molecule has 0 aromatic carbocycles. The number of carbonyl (C=O) groups excluding carboxylic acids is 1. The molecule has 0 saturated heterocycles. The molecule has 15 heavy (non-hydrogen) atoms. The molecule has 4 nitrogen and oxygen atoms in total. The van der Waals surface area contributed by atoms with Gasteiger partial charge in [-0.25, -0.2) is 0 Å². The second-order valence-electron chi connectivity index (χ2n) is 4.58. The van der Waals surface area contributed by atoms with E-state index in [4.69, 9.17) is 10.8 Å². The molecule has 0 rings (SSSR count). The molecule has 0 bridgehead atoms. The first-order valence-electron chi connectivity index (χ1n) is 5.56. The first-order chi connectivity index (χ1) is 6.84. The van der Waals surface area contributed by atoms with Gasteiger partial charge in [-0.15, -0.1) is 0 Å². The van der Waals surface area contributed by atoms with Crippen LogP contribution in [0.1, 0.15) is 34.1 Å². The van der Waals surface area contributed by atoms with E-state index in [2.05, 4.69) is 5.32 Å². The molecule has 4 N–H and O–H groups in total. The van der Waals surface area contributed by atoms with Crippen molar-refractivity contribution in [2.75, 3.05) is 6.54 Å². The Morgan fingerprint density at radius 2 is 1.87 bits per heavy atom. The van der Waals surface area contributed by atoms with Gasteiger partial charge in [0.2, 0.25) is 5.91 Å². The third-order valence-corrected chi connectivity index (χ3v) is 2.57. The lowest BCUT2D eigenvalue weighted by atomic mass is 10.0. The van der Waals surface area contributed by atoms with Crippen LogP contribution in [0.4, 0.5) is 0 Å². The number of hydrogen-bond acceptors (Lipinski definition) is 3. The number of aliphatic hydroxyl groups is 1. The maximum atomic E-state index is 11.5.